The van der Waals surface area contributed by atoms with Gasteiger partial charge in [0.25, 0.3) is 0 Å². The van der Waals surface area contributed by atoms with Crippen LogP contribution in [0.15, 0.2) is 18.2 Å². The van der Waals surface area contributed by atoms with Gasteiger partial charge in [-0.15, -0.1) is 0 Å². The van der Waals surface area contributed by atoms with E-state index in [-0.39, 0.29) is 24.2 Å². The highest BCUT2D eigenvalue weighted by Gasteiger charge is 2.31. The molecule has 0 bridgehead atoms. The van der Waals surface area contributed by atoms with E-state index in [1.807, 2.05) is 19.2 Å². The van der Waals surface area contributed by atoms with Crippen molar-refractivity contribution in [2.75, 3.05) is 18.0 Å². The lowest BCUT2D eigenvalue weighted by Gasteiger charge is -2.33. The molecule has 0 aliphatic carbocycles. The minimum Gasteiger partial charge on any atom is -0.481 e. The first-order valence-corrected chi connectivity index (χ1v) is 9.69. The fourth-order valence-corrected chi connectivity index (χ4v) is 4.32. The van der Waals surface area contributed by atoms with Crippen molar-refractivity contribution in [2.24, 2.45) is 13.0 Å². The van der Waals surface area contributed by atoms with Crippen LogP contribution in [0.3, 0.4) is 0 Å². The molecule has 2 saturated heterocycles. The first kappa shape index (κ1) is 18.5. The molecular formula is C20H24N4O4. The second kappa shape index (κ2) is 7.26. The molecule has 0 radical (unpaired) electrons. The summed E-state index contributed by atoms with van der Waals surface area (Å²) in [6.07, 6.45) is 2.80. The van der Waals surface area contributed by atoms with Gasteiger partial charge >= 0.3 is 5.97 Å². The minimum absolute atomic E-state index is 0.227. The monoisotopic (exact) mass is 384 g/mol. The zero-order valence-corrected chi connectivity index (χ0v) is 15.9. The number of nitrogens with zero attached hydrogens (tertiary/aromatic N) is 3. The van der Waals surface area contributed by atoms with Crippen LogP contribution in [0.5, 0.6) is 0 Å². The summed E-state index contributed by atoms with van der Waals surface area (Å²) < 4.78 is 1.79. The van der Waals surface area contributed by atoms with Gasteiger partial charge < -0.3 is 10.0 Å². The van der Waals surface area contributed by atoms with Crippen LogP contribution >= 0.6 is 0 Å². The standard InChI is InChI=1S/C20H24N4O4/c1-23-16-11-13(24-8-6-12(7-9-24)10-18(26)27)2-3-14(16)19(22-23)15-4-5-17(25)21-20(15)28/h2-3,11-12,15H,4-10H2,1H3,(H,26,27)(H,21,25,28). The molecule has 3 heterocycles. The molecule has 4 rings (SSSR count). The van der Waals surface area contributed by atoms with E-state index in [4.69, 9.17) is 5.11 Å². The van der Waals surface area contributed by atoms with Gasteiger partial charge in [-0.2, -0.15) is 5.10 Å². The van der Waals surface area contributed by atoms with Gasteiger partial charge in [0.15, 0.2) is 0 Å². The van der Waals surface area contributed by atoms with Gasteiger partial charge in [0.2, 0.25) is 11.8 Å². The van der Waals surface area contributed by atoms with Gasteiger partial charge in [-0.25, -0.2) is 0 Å². The number of carbonyl (C=O) groups is 3. The number of amides is 2. The van der Waals surface area contributed by atoms with Crippen molar-refractivity contribution in [1.82, 2.24) is 15.1 Å². The first-order valence-electron chi connectivity index (χ1n) is 9.69. The Bertz CT molecular complexity index is 943. The number of piperidine rings is 2. The van der Waals surface area contributed by atoms with Crippen molar-refractivity contribution in [3.05, 3.63) is 23.9 Å². The number of nitrogens with one attached hydrogen (secondary N) is 1. The fraction of sp³-hybridized carbons (Fsp3) is 0.500. The predicted molar refractivity (Wildman–Crippen MR) is 103 cm³/mol. The lowest BCUT2D eigenvalue weighted by Crippen LogP contribution is -2.39. The normalized spacial score (nSPS) is 21.2. The minimum atomic E-state index is -0.726. The summed E-state index contributed by atoms with van der Waals surface area (Å²) in [4.78, 5) is 36.9. The van der Waals surface area contributed by atoms with E-state index in [0.29, 0.717) is 18.5 Å². The van der Waals surface area contributed by atoms with Gasteiger partial charge in [0, 0.05) is 44.1 Å². The van der Waals surface area contributed by atoms with Crippen molar-refractivity contribution in [1.29, 1.82) is 0 Å². The first-order chi connectivity index (χ1) is 13.4. The van der Waals surface area contributed by atoms with Crippen LogP contribution < -0.4 is 10.2 Å². The molecule has 0 saturated carbocycles. The van der Waals surface area contributed by atoms with Gasteiger partial charge in [0.1, 0.15) is 0 Å². The summed E-state index contributed by atoms with van der Waals surface area (Å²) in [5.74, 6) is -1.39. The van der Waals surface area contributed by atoms with Gasteiger partial charge in [-0.3, -0.25) is 24.4 Å². The van der Waals surface area contributed by atoms with Gasteiger partial charge in [-0.1, -0.05) is 0 Å². The quantitative estimate of drug-likeness (QED) is 0.779. The molecule has 0 spiro atoms. The van der Waals surface area contributed by atoms with Crippen molar-refractivity contribution in [3.63, 3.8) is 0 Å². The number of aryl methyl sites for hydroxylation is 1. The average molecular weight is 384 g/mol. The Morgan fingerprint density at radius 2 is 2.00 bits per heavy atom. The maximum Gasteiger partial charge on any atom is 0.303 e. The molecule has 1 aromatic heterocycles. The Kier molecular flexibility index (Phi) is 4.78. The van der Waals surface area contributed by atoms with Crippen molar-refractivity contribution >= 4 is 34.4 Å². The Hall–Kier alpha value is -2.90. The number of hydrogen-bond acceptors (Lipinski definition) is 5. The fourth-order valence-electron chi connectivity index (χ4n) is 4.32. The number of carboxylic acids is 1. The second-order valence-electron chi connectivity index (χ2n) is 7.74. The number of anilines is 1. The van der Waals surface area contributed by atoms with Crippen LogP contribution in [0.4, 0.5) is 5.69 Å². The van der Waals surface area contributed by atoms with Crippen LogP contribution in [0.25, 0.3) is 10.9 Å². The molecular weight excluding hydrogens is 360 g/mol. The molecule has 1 unspecified atom stereocenters. The van der Waals surface area contributed by atoms with Crippen LogP contribution in [0.2, 0.25) is 0 Å². The van der Waals surface area contributed by atoms with Crippen LogP contribution in [-0.2, 0) is 21.4 Å². The summed E-state index contributed by atoms with van der Waals surface area (Å²) in [7, 11) is 1.86. The van der Waals surface area contributed by atoms with E-state index in [9.17, 15) is 14.4 Å². The summed E-state index contributed by atoms with van der Waals surface area (Å²) >= 11 is 0. The Morgan fingerprint density at radius 3 is 2.68 bits per heavy atom. The van der Waals surface area contributed by atoms with E-state index >= 15 is 0 Å². The number of aliphatic carboxylic acids is 1. The Labute approximate surface area is 162 Å². The topological polar surface area (TPSA) is 105 Å². The molecule has 8 nitrogen and oxygen atoms in total. The van der Waals surface area contributed by atoms with Gasteiger partial charge in [0.05, 0.1) is 17.1 Å². The third kappa shape index (κ3) is 3.46. The van der Waals surface area contributed by atoms with Gasteiger partial charge in [-0.05, 0) is 43.4 Å². The highest BCUT2D eigenvalue weighted by Crippen LogP contribution is 2.33. The molecule has 8 heteroatoms. The number of rotatable bonds is 4. The van der Waals surface area contributed by atoms with Crippen molar-refractivity contribution in [2.45, 2.75) is 38.0 Å². The maximum absolute atomic E-state index is 12.2. The summed E-state index contributed by atoms with van der Waals surface area (Å²) in [5, 5.41) is 16.9. The number of aromatic nitrogens is 2. The number of hydrogen-bond donors (Lipinski definition) is 2. The molecule has 2 aliphatic heterocycles. The van der Waals surface area contributed by atoms with E-state index in [2.05, 4.69) is 21.4 Å². The summed E-state index contributed by atoms with van der Waals surface area (Å²) in [6.45, 7) is 1.67. The average Bonchev–Trinajstić information content (AvgIpc) is 2.98. The zero-order valence-electron chi connectivity index (χ0n) is 15.9. The number of benzene rings is 1. The second-order valence-corrected chi connectivity index (χ2v) is 7.74. The third-order valence-electron chi connectivity index (χ3n) is 5.88. The maximum atomic E-state index is 12.2. The summed E-state index contributed by atoms with van der Waals surface area (Å²) in [5.41, 5.74) is 2.75. The zero-order chi connectivity index (χ0) is 19.8. The Morgan fingerprint density at radius 1 is 1.25 bits per heavy atom. The molecule has 2 aromatic rings. The van der Waals surface area contributed by atoms with E-state index in [0.717, 1.165) is 42.5 Å². The third-order valence-corrected chi connectivity index (χ3v) is 5.88. The molecule has 2 fully saturated rings. The van der Waals surface area contributed by atoms with E-state index in [1.54, 1.807) is 4.68 Å². The number of carboxylic acid groups (broad SMARTS) is 1. The summed E-state index contributed by atoms with van der Waals surface area (Å²) in [6, 6.07) is 6.12. The van der Waals surface area contributed by atoms with E-state index in [1.165, 1.54) is 0 Å². The Balaban J connectivity index is 1.56. The van der Waals surface area contributed by atoms with Crippen molar-refractivity contribution < 1.29 is 19.5 Å². The van der Waals surface area contributed by atoms with Crippen LogP contribution in [0.1, 0.15) is 43.7 Å². The number of fused-ring (bicyclic) bond motifs is 1. The molecule has 2 aliphatic rings. The van der Waals surface area contributed by atoms with Crippen LogP contribution in [0, 0.1) is 5.92 Å². The lowest BCUT2D eigenvalue weighted by molar-refractivity contribution is -0.138. The molecule has 1 aromatic carbocycles. The highest BCUT2D eigenvalue weighted by molar-refractivity contribution is 6.02. The molecule has 148 valence electrons. The van der Waals surface area contributed by atoms with Crippen LogP contribution in [-0.4, -0.2) is 45.8 Å². The molecule has 1 atom stereocenters. The smallest absolute Gasteiger partial charge is 0.303 e. The number of carbonyl (C=O) groups excluding carboxylic acids is 2. The molecule has 2 amide bonds. The van der Waals surface area contributed by atoms with E-state index < -0.39 is 11.9 Å². The number of imide groups is 1. The molecule has 2 N–H and O–H groups in total. The SMILES string of the molecule is Cn1nc(C2CCC(=O)NC2=O)c2ccc(N3CCC(CC(=O)O)CC3)cc21. The van der Waals surface area contributed by atoms with Crippen molar-refractivity contribution in [3.8, 4) is 0 Å². The lowest BCUT2D eigenvalue weighted by atomic mass is 9.92. The largest absolute Gasteiger partial charge is 0.481 e. The highest BCUT2D eigenvalue weighted by atomic mass is 16.4. The molecule has 28 heavy (non-hydrogen) atoms. The predicted octanol–water partition coefficient (Wildman–Crippen LogP) is 1.78.